The Kier molecular flexibility index (Phi) is 14.7. The van der Waals surface area contributed by atoms with E-state index >= 15 is 0 Å². The first-order valence-corrected chi connectivity index (χ1v) is 49.5. The van der Waals surface area contributed by atoms with Crippen molar-refractivity contribution in [3.8, 4) is 39.1 Å². The van der Waals surface area contributed by atoms with Crippen molar-refractivity contribution in [3.05, 3.63) is 376 Å². The van der Waals surface area contributed by atoms with Gasteiger partial charge in [-0.25, -0.2) is 29.9 Å². The van der Waals surface area contributed by atoms with E-state index in [4.69, 9.17) is 29.9 Å². The number of fused-ring (bicyclic) bond motifs is 42. The lowest BCUT2D eigenvalue weighted by molar-refractivity contribution is 1.18. The smallest absolute Gasteiger partial charge is 0.165 e. The third-order valence-electron chi connectivity index (χ3n) is 28.6. The van der Waals surface area contributed by atoms with Crippen LogP contribution in [0.3, 0.4) is 0 Å². The van der Waals surface area contributed by atoms with Crippen molar-refractivity contribution in [3.63, 3.8) is 0 Å². The summed E-state index contributed by atoms with van der Waals surface area (Å²) >= 11 is 9.32. The zero-order valence-electron chi connectivity index (χ0n) is 71.3. The summed E-state index contributed by atoms with van der Waals surface area (Å²) in [7, 11) is 0. The van der Waals surface area contributed by atoms with E-state index in [1.807, 2.05) is 93.1 Å². The number of thiophene rings is 5. The number of hydrogen-bond donors (Lipinski definition) is 0. The minimum Gasteiger partial charge on any atom is -0.309 e. The second-order valence-corrected chi connectivity index (χ2v) is 41.1. The zero-order valence-corrected chi connectivity index (χ0v) is 75.4. The predicted octanol–water partition coefficient (Wildman–Crippen LogP) is 34.3. The molecule has 622 valence electrons. The first kappa shape index (κ1) is 73.2. The zero-order chi connectivity index (χ0) is 87.4. The monoisotopic (exact) mass is 1800 g/mol. The molecule has 0 aliphatic heterocycles. The highest BCUT2D eigenvalue weighted by atomic mass is 32.1. The average molecular weight is 1800 g/mol. The molecule has 15 heterocycles. The van der Waals surface area contributed by atoms with Crippen molar-refractivity contribution >= 4 is 328 Å². The van der Waals surface area contributed by atoms with Crippen LogP contribution in [0.1, 0.15) is 0 Å². The van der Waals surface area contributed by atoms with Gasteiger partial charge in [-0.15, -0.1) is 56.7 Å². The van der Waals surface area contributed by atoms with Crippen molar-refractivity contribution in [2.75, 3.05) is 0 Å². The van der Waals surface area contributed by atoms with E-state index in [9.17, 15) is 0 Å². The van der Waals surface area contributed by atoms with Crippen LogP contribution < -0.4 is 0 Å². The predicted molar refractivity (Wildman–Crippen MR) is 578 cm³/mol. The molecule has 0 aliphatic carbocycles. The minimum absolute atomic E-state index is 0.911. The highest BCUT2D eigenvalue weighted by Crippen LogP contribution is 2.54. The van der Waals surface area contributed by atoms with Crippen molar-refractivity contribution in [1.29, 1.82) is 0 Å². The summed E-state index contributed by atoms with van der Waals surface area (Å²) in [5.41, 5.74) is 29.3. The Labute approximate surface area is 783 Å². The highest BCUT2D eigenvalue weighted by molar-refractivity contribution is 7.28. The third kappa shape index (κ3) is 10.1. The Hall–Kier alpha value is -16.5. The van der Waals surface area contributed by atoms with E-state index in [1.165, 1.54) is 232 Å². The van der Waals surface area contributed by atoms with Crippen molar-refractivity contribution in [1.82, 2.24) is 47.7 Å². The highest BCUT2D eigenvalue weighted by Gasteiger charge is 2.31. The lowest BCUT2D eigenvalue weighted by Gasteiger charge is -2.12. The van der Waals surface area contributed by atoms with Gasteiger partial charge in [-0.2, -0.15) is 0 Å². The fraction of sp³-hybridized carbons (Fsp3) is 0. The Bertz CT molecular complexity index is 11200. The van der Waals surface area contributed by atoms with Crippen LogP contribution in [0.15, 0.2) is 376 Å². The molecule has 10 nitrogen and oxygen atoms in total. The quantitative estimate of drug-likeness (QED) is 0.174. The molecule has 0 amide bonds. The van der Waals surface area contributed by atoms with Crippen LogP contribution in [-0.2, 0) is 0 Å². The van der Waals surface area contributed by atoms with Crippen LogP contribution in [0.25, 0.3) is 310 Å². The van der Waals surface area contributed by atoms with Crippen molar-refractivity contribution < 1.29 is 0 Å². The number of benzene rings is 19. The van der Waals surface area contributed by atoms with Gasteiger partial charge in [-0.05, 0) is 186 Å². The van der Waals surface area contributed by atoms with Gasteiger partial charge < -0.3 is 4.57 Å². The number of hydrogen-bond acceptors (Lipinski definition) is 11. The fourth-order valence-corrected chi connectivity index (χ4v) is 28.7. The van der Waals surface area contributed by atoms with Gasteiger partial charge in [0.2, 0.25) is 0 Å². The van der Waals surface area contributed by atoms with Gasteiger partial charge in [0.1, 0.15) is 16.6 Å². The summed E-state index contributed by atoms with van der Waals surface area (Å²) < 4.78 is 22.6. The van der Waals surface area contributed by atoms with E-state index in [2.05, 4.69) is 357 Å². The van der Waals surface area contributed by atoms with Gasteiger partial charge in [0.25, 0.3) is 0 Å². The molecule has 0 N–H and O–H groups in total. The molecule has 34 aromatic rings. The number of nitrogens with zero attached hydrogens (tertiary/aromatic N) is 10. The number of para-hydroxylation sites is 9. The Morgan fingerprint density at radius 1 is 0.178 bits per heavy atom. The molecule has 15 aromatic heterocycles. The lowest BCUT2D eigenvalue weighted by Crippen LogP contribution is -1.95. The first-order chi connectivity index (χ1) is 66.9. The molecule has 0 saturated carbocycles. The summed E-state index contributed by atoms with van der Waals surface area (Å²) in [6.45, 7) is 0. The molecule has 0 radical (unpaired) electrons. The number of aromatic nitrogens is 10. The Morgan fingerprint density at radius 2 is 0.504 bits per heavy atom. The molecule has 0 atom stereocenters. The van der Waals surface area contributed by atoms with Gasteiger partial charge >= 0.3 is 0 Å². The molecular weight excluding hydrogens is 1740 g/mol. The molecule has 0 aliphatic rings. The summed E-state index contributed by atoms with van der Waals surface area (Å²) in [5, 5.41) is 26.7. The SMILES string of the molecule is c1ccc(-n2c3ccccc3c3cccc(-c4ccc5c(c4)c4cc6c7ccccc7sc6c6c7nc8ccccc8nc7n5c46)c32)cc1.c1ccc2nc3c(nc2c1)c1c2sc4ccccc4c2cc2c4cc(-c5ccc6c(c5)sc5ccccc56)ccc4n3c21.c1ccc2nc3c(nc2c1)c1c2sc4ccccc4c2cc2c4cc(-c5ccc6sc7ccccc7c6c5)ccc4n3c21. The van der Waals surface area contributed by atoms with Gasteiger partial charge in [0.15, 0.2) is 16.9 Å². The maximum atomic E-state index is 5.27. The van der Waals surface area contributed by atoms with Crippen LogP contribution in [0.2, 0.25) is 0 Å². The van der Waals surface area contributed by atoms with E-state index < -0.39 is 0 Å². The molecule has 15 heteroatoms. The first-order valence-electron chi connectivity index (χ1n) is 45.4. The molecule has 19 aromatic carbocycles. The second-order valence-electron chi connectivity index (χ2n) is 35.7. The van der Waals surface area contributed by atoms with Gasteiger partial charge in [-0.3, -0.25) is 13.2 Å². The number of rotatable bonds is 4. The normalized spacial score (nSPS) is 12.6. The van der Waals surface area contributed by atoms with E-state index in [0.717, 1.165) is 77.8 Å². The summed E-state index contributed by atoms with van der Waals surface area (Å²) in [4.78, 5) is 31.5. The third-order valence-corrected chi connectivity index (χ3v) is 34.5. The van der Waals surface area contributed by atoms with E-state index in [1.54, 1.807) is 0 Å². The Morgan fingerprint density at radius 3 is 0.970 bits per heavy atom. The molecule has 0 bridgehead atoms. The molecule has 0 unspecified atom stereocenters. The van der Waals surface area contributed by atoms with Gasteiger partial charge in [0.05, 0.1) is 77.2 Å². The summed E-state index contributed by atoms with van der Waals surface area (Å²) in [5.74, 6) is 0. The van der Waals surface area contributed by atoms with Crippen LogP contribution >= 0.6 is 56.7 Å². The topological polar surface area (TPSA) is 95.5 Å². The van der Waals surface area contributed by atoms with Crippen LogP contribution in [-0.4, -0.2) is 47.7 Å². The molecular formula is C120H62N10S5. The van der Waals surface area contributed by atoms with Crippen LogP contribution in [0, 0.1) is 0 Å². The van der Waals surface area contributed by atoms with Crippen molar-refractivity contribution in [2.24, 2.45) is 0 Å². The lowest BCUT2D eigenvalue weighted by atomic mass is 9.99. The largest absolute Gasteiger partial charge is 0.309 e. The van der Waals surface area contributed by atoms with Crippen LogP contribution in [0.5, 0.6) is 0 Å². The maximum absolute atomic E-state index is 5.27. The molecule has 135 heavy (non-hydrogen) atoms. The maximum Gasteiger partial charge on any atom is 0.165 e. The molecule has 0 fully saturated rings. The van der Waals surface area contributed by atoms with Crippen molar-refractivity contribution in [2.45, 2.75) is 0 Å². The Balaban J connectivity index is 0.0000000931. The second kappa shape index (κ2) is 27.1. The fourth-order valence-electron chi connectivity index (χ4n) is 22.8. The molecule has 34 rings (SSSR count). The average Bonchev–Trinajstić information content (AvgIpc) is 1.52. The molecule has 0 saturated heterocycles. The summed E-state index contributed by atoms with van der Waals surface area (Å²) in [6.07, 6.45) is 0. The minimum atomic E-state index is 0.911. The van der Waals surface area contributed by atoms with Gasteiger partial charge in [-0.1, -0.05) is 218 Å². The van der Waals surface area contributed by atoms with E-state index in [0.29, 0.717) is 0 Å². The standard InChI is InChI=1S/C44H24N4S.2C38H19N3S2/c1-2-11-26(12-3-1)47-36-19-8-4-13-28(36)30-16-10-15-27(41(30)47)25-21-22-37-31(23-25)32-24-33-29-14-5-9-20-38(29)49-43(33)39-40-44(48(37)42(32)39)46-35-18-7-6-17-34(35)45-40;1-5-11-31-22(7-1)24-15-13-21(18-33(24)42-31)20-14-16-30-25(17-20)26-19-27-23-8-2-6-12-32(23)43-37(27)34-35-38(41(30)36(26)34)40-29-10-4-3-9-28(29)39-35;1-5-11-31-22(7-1)25-18-21(14-16-33(25)42-31)20-13-15-30-24(17-20)26-19-27-23-8-2-6-12-32(23)43-37(27)34-35-38(41(30)36(26)34)40-29-10-4-3-9-28(29)39-35/h1-24H;2*1-19H. The van der Waals surface area contributed by atoms with Gasteiger partial charge in [0, 0.05) is 171 Å². The van der Waals surface area contributed by atoms with Crippen LogP contribution in [0.4, 0.5) is 0 Å². The van der Waals surface area contributed by atoms with E-state index in [-0.39, 0.29) is 0 Å². The summed E-state index contributed by atoms with van der Waals surface area (Å²) in [6, 6.07) is 136. The molecule has 0 spiro atoms.